The molecular weight excluding hydrogens is 298 g/mol. The summed E-state index contributed by atoms with van der Waals surface area (Å²) in [5, 5.41) is 20.8. The molecule has 0 radical (unpaired) electrons. The quantitative estimate of drug-likeness (QED) is 0.787. The molecule has 0 bridgehead atoms. The molecule has 0 heterocycles. The van der Waals surface area contributed by atoms with Crippen molar-refractivity contribution < 1.29 is 24.6 Å². The summed E-state index contributed by atoms with van der Waals surface area (Å²) in [5.41, 5.74) is 0.885. The Morgan fingerprint density at radius 2 is 1.65 bits per heavy atom. The highest BCUT2D eigenvalue weighted by atomic mass is 16.4. The van der Waals surface area contributed by atoms with Crippen LogP contribution in [0.4, 0.5) is 5.69 Å². The number of hydrogen-bond acceptors (Lipinski definition) is 3. The molecule has 6 heteroatoms. The number of amides is 1. The molecule has 2 rings (SSSR count). The summed E-state index contributed by atoms with van der Waals surface area (Å²) in [7, 11) is 0. The van der Waals surface area contributed by atoms with Gasteiger partial charge in [-0.3, -0.25) is 4.79 Å². The second-order valence-corrected chi connectivity index (χ2v) is 4.84. The maximum absolute atomic E-state index is 12.4. The summed E-state index contributed by atoms with van der Waals surface area (Å²) in [4.78, 5) is 34.6. The molecule has 0 aromatic heterocycles. The molecule has 6 nitrogen and oxygen atoms in total. The van der Waals surface area contributed by atoms with Gasteiger partial charge < -0.3 is 15.5 Å². The smallest absolute Gasteiger partial charge is 0.336 e. The van der Waals surface area contributed by atoms with E-state index in [1.54, 1.807) is 12.1 Å². The minimum atomic E-state index is -1.36. The third kappa shape index (κ3) is 3.55. The van der Waals surface area contributed by atoms with Crippen LogP contribution in [0.2, 0.25) is 0 Å². The number of anilines is 1. The number of carboxylic acid groups (broad SMARTS) is 2. The fraction of sp³-hybridized carbons (Fsp3) is 0.118. The second-order valence-electron chi connectivity index (χ2n) is 4.84. The van der Waals surface area contributed by atoms with E-state index in [0.717, 1.165) is 11.6 Å². The molecule has 0 saturated carbocycles. The fourth-order valence-electron chi connectivity index (χ4n) is 2.19. The molecule has 2 aromatic rings. The SMILES string of the molecule is CCc1ccccc1NC(=O)c1ccc(C(=O)O)cc1C(=O)O. The van der Waals surface area contributed by atoms with Crippen molar-refractivity contribution in [3.8, 4) is 0 Å². The summed E-state index contributed by atoms with van der Waals surface area (Å²) in [6.07, 6.45) is 0.709. The predicted octanol–water partition coefficient (Wildman–Crippen LogP) is 2.90. The number of carbonyl (C=O) groups is 3. The second kappa shape index (κ2) is 6.74. The largest absolute Gasteiger partial charge is 0.478 e. The van der Waals surface area contributed by atoms with E-state index in [4.69, 9.17) is 5.11 Å². The molecular formula is C17H15NO5. The van der Waals surface area contributed by atoms with Crippen molar-refractivity contribution in [3.05, 3.63) is 64.7 Å². The van der Waals surface area contributed by atoms with E-state index in [0.29, 0.717) is 12.1 Å². The van der Waals surface area contributed by atoms with Gasteiger partial charge in [0.15, 0.2) is 0 Å². The van der Waals surface area contributed by atoms with Gasteiger partial charge in [-0.1, -0.05) is 25.1 Å². The zero-order valence-corrected chi connectivity index (χ0v) is 12.4. The van der Waals surface area contributed by atoms with Gasteiger partial charge in [0.1, 0.15) is 0 Å². The molecule has 0 aliphatic rings. The minimum absolute atomic E-state index is 0.0894. The highest BCUT2D eigenvalue weighted by Crippen LogP contribution is 2.19. The highest BCUT2D eigenvalue weighted by molar-refractivity contribution is 6.11. The van der Waals surface area contributed by atoms with Gasteiger partial charge in [-0.2, -0.15) is 0 Å². The third-order valence-electron chi connectivity index (χ3n) is 3.39. The first-order valence-corrected chi connectivity index (χ1v) is 6.94. The third-order valence-corrected chi connectivity index (χ3v) is 3.39. The Morgan fingerprint density at radius 1 is 0.957 bits per heavy atom. The zero-order valence-electron chi connectivity index (χ0n) is 12.4. The molecule has 0 saturated heterocycles. The summed E-state index contributed by atoms with van der Waals surface area (Å²) >= 11 is 0. The Hall–Kier alpha value is -3.15. The Balaban J connectivity index is 2.39. The first kappa shape index (κ1) is 16.2. The number of aryl methyl sites for hydroxylation is 1. The minimum Gasteiger partial charge on any atom is -0.478 e. The van der Waals surface area contributed by atoms with E-state index >= 15 is 0 Å². The number of carbonyl (C=O) groups excluding carboxylic acids is 1. The normalized spacial score (nSPS) is 10.1. The Kier molecular flexibility index (Phi) is 4.75. The van der Waals surface area contributed by atoms with Gasteiger partial charge in [-0.15, -0.1) is 0 Å². The van der Waals surface area contributed by atoms with Gasteiger partial charge in [0.05, 0.1) is 16.7 Å². The molecule has 0 fully saturated rings. The number of benzene rings is 2. The van der Waals surface area contributed by atoms with Crippen LogP contribution < -0.4 is 5.32 Å². The van der Waals surface area contributed by atoms with E-state index in [9.17, 15) is 19.5 Å². The Bertz CT molecular complexity index is 782. The lowest BCUT2D eigenvalue weighted by Gasteiger charge is -2.11. The van der Waals surface area contributed by atoms with Gasteiger partial charge in [0.25, 0.3) is 5.91 Å². The maximum atomic E-state index is 12.4. The first-order valence-electron chi connectivity index (χ1n) is 6.94. The summed E-state index contributed by atoms with van der Waals surface area (Å²) in [6.45, 7) is 1.94. The monoisotopic (exact) mass is 313 g/mol. The summed E-state index contributed by atoms with van der Waals surface area (Å²) < 4.78 is 0. The van der Waals surface area contributed by atoms with Crippen LogP contribution in [0.1, 0.15) is 43.6 Å². The van der Waals surface area contributed by atoms with E-state index in [1.165, 1.54) is 12.1 Å². The number of rotatable bonds is 5. The molecule has 3 N–H and O–H groups in total. The predicted molar refractivity (Wildman–Crippen MR) is 84.1 cm³/mol. The molecule has 118 valence electrons. The molecule has 0 spiro atoms. The topological polar surface area (TPSA) is 104 Å². The van der Waals surface area contributed by atoms with Crippen LogP contribution in [0.25, 0.3) is 0 Å². The lowest BCUT2D eigenvalue weighted by atomic mass is 10.0. The van der Waals surface area contributed by atoms with Gasteiger partial charge in [-0.25, -0.2) is 9.59 Å². The molecule has 0 aliphatic heterocycles. The van der Waals surface area contributed by atoms with Crippen molar-refractivity contribution in [2.24, 2.45) is 0 Å². The molecule has 2 aromatic carbocycles. The molecule has 1 amide bonds. The van der Waals surface area contributed by atoms with Crippen LogP contribution >= 0.6 is 0 Å². The molecule has 0 aliphatic carbocycles. The standard InChI is InChI=1S/C17H15NO5/c1-2-10-5-3-4-6-14(10)18-15(19)12-8-7-11(16(20)21)9-13(12)17(22)23/h3-9H,2H2,1H3,(H,18,19)(H,20,21)(H,22,23). The van der Waals surface area contributed by atoms with Crippen LogP contribution in [0.15, 0.2) is 42.5 Å². The van der Waals surface area contributed by atoms with Gasteiger partial charge in [0, 0.05) is 5.69 Å². The van der Waals surface area contributed by atoms with E-state index < -0.39 is 17.8 Å². The summed E-state index contributed by atoms with van der Waals surface area (Å²) in [5.74, 6) is -3.21. The average Bonchev–Trinajstić information content (AvgIpc) is 2.54. The van der Waals surface area contributed by atoms with Crippen molar-refractivity contribution in [1.82, 2.24) is 0 Å². The van der Waals surface area contributed by atoms with Crippen LogP contribution in [-0.2, 0) is 6.42 Å². The first-order chi connectivity index (χ1) is 10.9. The Morgan fingerprint density at radius 3 is 2.26 bits per heavy atom. The number of para-hydroxylation sites is 1. The lowest BCUT2D eigenvalue weighted by molar-refractivity contribution is 0.0692. The van der Waals surface area contributed by atoms with Crippen LogP contribution in [0.5, 0.6) is 0 Å². The van der Waals surface area contributed by atoms with Crippen LogP contribution in [0, 0.1) is 0 Å². The zero-order chi connectivity index (χ0) is 17.0. The highest BCUT2D eigenvalue weighted by Gasteiger charge is 2.19. The molecule has 0 unspecified atom stereocenters. The number of hydrogen-bond donors (Lipinski definition) is 3. The van der Waals surface area contributed by atoms with Crippen molar-refractivity contribution in [1.29, 1.82) is 0 Å². The van der Waals surface area contributed by atoms with Crippen molar-refractivity contribution in [3.63, 3.8) is 0 Å². The Labute approximate surface area is 132 Å². The number of carboxylic acids is 2. The van der Waals surface area contributed by atoms with Crippen LogP contribution in [0.3, 0.4) is 0 Å². The maximum Gasteiger partial charge on any atom is 0.336 e. The number of aromatic carboxylic acids is 2. The van der Waals surface area contributed by atoms with Gasteiger partial charge in [-0.05, 0) is 36.2 Å². The van der Waals surface area contributed by atoms with Gasteiger partial charge >= 0.3 is 11.9 Å². The molecule has 0 atom stereocenters. The lowest BCUT2D eigenvalue weighted by Crippen LogP contribution is -2.18. The van der Waals surface area contributed by atoms with Crippen molar-refractivity contribution in [2.75, 3.05) is 5.32 Å². The summed E-state index contributed by atoms with van der Waals surface area (Å²) in [6, 6.07) is 10.6. The number of nitrogens with one attached hydrogen (secondary N) is 1. The van der Waals surface area contributed by atoms with E-state index in [2.05, 4.69) is 5.32 Å². The van der Waals surface area contributed by atoms with E-state index in [-0.39, 0.29) is 16.7 Å². The van der Waals surface area contributed by atoms with Crippen LogP contribution in [-0.4, -0.2) is 28.1 Å². The fourth-order valence-corrected chi connectivity index (χ4v) is 2.19. The molecule has 23 heavy (non-hydrogen) atoms. The average molecular weight is 313 g/mol. The van der Waals surface area contributed by atoms with Gasteiger partial charge in [0.2, 0.25) is 0 Å². The van der Waals surface area contributed by atoms with E-state index in [1.807, 2.05) is 19.1 Å². The van der Waals surface area contributed by atoms with Crippen molar-refractivity contribution in [2.45, 2.75) is 13.3 Å². The van der Waals surface area contributed by atoms with Crippen molar-refractivity contribution >= 4 is 23.5 Å².